The number of thiazole rings is 1. The summed E-state index contributed by atoms with van der Waals surface area (Å²) < 4.78 is 0. The van der Waals surface area contributed by atoms with Gasteiger partial charge in [0.2, 0.25) is 0 Å². The van der Waals surface area contributed by atoms with Gasteiger partial charge in [0.05, 0.1) is 0 Å². The molecular formula is C13H13N3O2S. The molecule has 0 atom stereocenters. The van der Waals surface area contributed by atoms with Gasteiger partial charge in [-0.1, -0.05) is 0 Å². The average molecular weight is 275 g/mol. The van der Waals surface area contributed by atoms with Crippen LogP contribution in [-0.4, -0.2) is 16.7 Å². The summed E-state index contributed by atoms with van der Waals surface area (Å²) in [5, 5.41) is 4.70. The van der Waals surface area contributed by atoms with Gasteiger partial charge in [0.1, 0.15) is 5.69 Å². The van der Waals surface area contributed by atoms with Gasteiger partial charge in [-0.2, -0.15) is 0 Å². The monoisotopic (exact) mass is 275 g/mol. The van der Waals surface area contributed by atoms with Crippen LogP contribution in [0.15, 0.2) is 23.6 Å². The highest BCUT2D eigenvalue weighted by atomic mass is 32.1. The first-order valence-electron chi connectivity index (χ1n) is 5.61. The van der Waals surface area contributed by atoms with Crippen LogP contribution < -0.4 is 11.1 Å². The molecule has 0 aliphatic carbocycles. The molecule has 6 heteroatoms. The first-order chi connectivity index (χ1) is 8.97. The van der Waals surface area contributed by atoms with E-state index < -0.39 is 0 Å². The molecule has 0 saturated carbocycles. The Balaban J connectivity index is 2.18. The lowest BCUT2D eigenvalue weighted by molar-refractivity contribution is 0.100. The number of nitrogens with zero attached hydrogens (tertiary/aromatic N) is 1. The maximum absolute atomic E-state index is 12.1. The molecule has 0 spiro atoms. The number of aromatic nitrogens is 1. The Labute approximate surface area is 114 Å². The zero-order chi connectivity index (χ0) is 14.0. The van der Waals surface area contributed by atoms with Crippen LogP contribution in [0.1, 0.15) is 33.3 Å². The molecule has 0 saturated heterocycles. The number of hydrogen-bond donors (Lipinski definition) is 2. The molecule has 1 aromatic carbocycles. The number of ketones is 1. The van der Waals surface area contributed by atoms with Crippen LogP contribution in [-0.2, 0) is 0 Å². The first-order valence-corrected chi connectivity index (χ1v) is 6.49. The topological polar surface area (TPSA) is 85.1 Å². The van der Waals surface area contributed by atoms with Gasteiger partial charge in [-0.3, -0.25) is 14.9 Å². The molecule has 0 aliphatic heterocycles. The number of aryl methyl sites for hydroxylation is 1. The average Bonchev–Trinajstić information content (AvgIpc) is 2.77. The fourth-order valence-corrected chi connectivity index (χ4v) is 2.34. The summed E-state index contributed by atoms with van der Waals surface area (Å²) in [5.74, 6) is -0.387. The Kier molecular flexibility index (Phi) is 3.62. The molecule has 1 amide bonds. The predicted octanol–water partition coefficient (Wildman–Crippen LogP) is 2.49. The molecule has 1 aromatic heterocycles. The van der Waals surface area contributed by atoms with E-state index in [0.29, 0.717) is 22.1 Å². The van der Waals surface area contributed by atoms with Gasteiger partial charge in [0.15, 0.2) is 10.9 Å². The third kappa shape index (κ3) is 2.97. The maximum atomic E-state index is 12.1. The highest BCUT2D eigenvalue weighted by molar-refractivity contribution is 7.14. The van der Waals surface area contributed by atoms with Gasteiger partial charge >= 0.3 is 0 Å². The quantitative estimate of drug-likeness (QED) is 0.665. The van der Waals surface area contributed by atoms with Gasteiger partial charge in [0.25, 0.3) is 5.91 Å². The number of nitrogens with two attached hydrogens (primary N) is 1. The lowest BCUT2D eigenvalue weighted by atomic mass is 10.1. The summed E-state index contributed by atoms with van der Waals surface area (Å²) in [4.78, 5) is 27.2. The molecule has 1 heterocycles. The van der Waals surface area contributed by atoms with E-state index in [-0.39, 0.29) is 11.7 Å². The number of anilines is 2. The van der Waals surface area contributed by atoms with Crippen molar-refractivity contribution in [3.05, 3.63) is 40.4 Å². The van der Waals surface area contributed by atoms with Crippen LogP contribution in [0.5, 0.6) is 0 Å². The highest BCUT2D eigenvalue weighted by Gasteiger charge is 2.12. The summed E-state index contributed by atoms with van der Waals surface area (Å²) in [5.41, 5.74) is 7.93. The van der Waals surface area contributed by atoms with Crippen molar-refractivity contribution in [1.29, 1.82) is 0 Å². The largest absolute Gasteiger partial charge is 0.399 e. The number of hydrogen-bond acceptors (Lipinski definition) is 5. The van der Waals surface area contributed by atoms with Crippen LogP contribution in [0, 0.1) is 6.92 Å². The Morgan fingerprint density at radius 2 is 2.11 bits per heavy atom. The molecule has 3 N–H and O–H groups in total. The van der Waals surface area contributed by atoms with E-state index in [1.165, 1.54) is 18.3 Å². The molecule has 0 aliphatic rings. The second-order valence-corrected chi connectivity index (χ2v) is 4.98. The third-order valence-electron chi connectivity index (χ3n) is 2.58. The van der Waals surface area contributed by atoms with Gasteiger partial charge in [-0.25, -0.2) is 4.98 Å². The zero-order valence-corrected chi connectivity index (χ0v) is 11.4. The molecule has 2 aromatic rings. The highest BCUT2D eigenvalue weighted by Crippen LogP contribution is 2.18. The number of rotatable bonds is 3. The summed E-state index contributed by atoms with van der Waals surface area (Å²) in [7, 11) is 0. The van der Waals surface area contributed by atoms with Gasteiger partial charge in [-0.05, 0) is 30.7 Å². The number of amides is 1. The van der Waals surface area contributed by atoms with Gasteiger partial charge in [-0.15, -0.1) is 11.3 Å². The SMILES string of the molecule is CC(=O)c1csc(NC(=O)c2ccc(N)cc2C)n1. The molecule has 0 fully saturated rings. The molecule has 0 radical (unpaired) electrons. The Hall–Kier alpha value is -2.21. The van der Waals surface area contributed by atoms with E-state index >= 15 is 0 Å². The van der Waals surface area contributed by atoms with E-state index in [4.69, 9.17) is 5.73 Å². The predicted molar refractivity (Wildman–Crippen MR) is 75.7 cm³/mol. The van der Waals surface area contributed by atoms with Crippen molar-refractivity contribution < 1.29 is 9.59 Å². The molecular weight excluding hydrogens is 262 g/mol. The molecule has 19 heavy (non-hydrogen) atoms. The van der Waals surface area contributed by atoms with Crippen LogP contribution in [0.3, 0.4) is 0 Å². The van der Waals surface area contributed by atoms with Crippen LogP contribution in [0.2, 0.25) is 0 Å². The van der Waals surface area contributed by atoms with Crippen molar-refractivity contribution in [3.63, 3.8) is 0 Å². The summed E-state index contributed by atoms with van der Waals surface area (Å²) in [6, 6.07) is 5.07. The lowest BCUT2D eigenvalue weighted by Crippen LogP contribution is -2.13. The van der Waals surface area contributed by atoms with Crippen molar-refractivity contribution in [3.8, 4) is 0 Å². The summed E-state index contributed by atoms with van der Waals surface area (Å²) >= 11 is 1.22. The standard InChI is InChI=1S/C13H13N3O2S/c1-7-5-9(14)3-4-10(7)12(18)16-13-15-11(6-19-13)8(2)17/h3-6H,14H2,1-2H3,(H,15,16,18). The van der Waals surface area contributed by atoms with E-state index in [2.05, 4.69) is 10.3 Å². The van der Waals surface area contributed by atoms with Gasteiger partial charge in [0, 0.05) is 23.6 Å². The fourth-order valence-electron chi connectivity index (χ4n) is 1.60. The van der Waals surface area contributed by atoms with Crippen molar-refractivity contribution in [2.24, 2.45) is 0 Å². The molecule has 5 nitrogen and oxygen atoms in total. The van der Waals surface area contributed by atoms with E-state index in [9.17, 15) is 9.59 Å². The third-order valence-corrected chi connectivity index (χ3v) is 3.34. The molecule has 2 rings (SSSR count). The van der Waals surface area contributed by atoms with E-state index in [0.717, 1.165) is 5.56 Å². The minimum Gasteiger partial charge on any atom is -0.399 e. The van der Waals surface area contributed by atoms with Crippen LogP contribution in [0.4, 0.5) is 10.8 Å². The van der Waals surface area contributed by atoms with Crippen LogP contribution in [0.25, 0.3) is 0 Å². The van der Waals surface area contributed by atoms with Crippen molar-refractivity contribution >= 4 is 33.8 Å². The van der Waals surface area contributed by atoms with E-state index in [1.54, 1.807) is 23.6 Å². The number of carbonyl (C=O) groups excluding carboxylic acids is 2. The number of benzene rings is 1. The summed E-state index contributed by atoms with van der Waals surface area (Å²) in [6.07, 6.45) is 0. The lowest BCUT2D eigenvalue weighted by Gasteiger charge is -2.05. The number of Topliss-reactive ketones (excluding diaryl/α,β-unsaturated/α-hetero) is 1. The molecule has 0 bridgehead atoms. The normalized spacial score (nSPS) is 10.2. The van der Waals surface area contributed by atoms with Crippen molar-refractivity contribution in [1.82, 2.24) is 4.98 Å². The Bertz CT molecular complexity index is 649. The van der Waals surface area contributed by atoms with Crippen molar-refractivity contribution in [2.45, 2.75) is 13.8 Å². The fraction of sp³-hybridized carbons (Fsp3) is 0.154. The second kappa shape index (κ2) is 5.19. The van der Waals surface area contributed by atoms with E-state index in [1.807, 2.05) is 6.92 Å². The zero-order valence-electron chi connectivity index (χ0n) is 10.6. The minimum atomic E-state index is -0.262. The maximum Gasteiger partial charge on any atom is 0.257 e. The second-order valence-electron chi connectivity index (χ2n) is 4.12. The Morgan fingerprint density at radius 3 is 2.68 bits per heavy atom. The van der Waals surface area contributed by atoms with Gasteiger partial charge < -0.3 is 5.73 Å². The van der Waals surface area contributed by atoms with Crippen LogP contribution >= 0.6 is 11.3 Å². The number of nitrogens with one attached hydrogen (secondary N) is 1. The molecule has 98 valence electrons. The molecule has 0 unspecified atom stereocenters. The number of nitrogen functional groups attached to an aromatic ring is 1. The number of carbonyl (C=O) groups is 2. The Morgan fingerprint density at radius 1 is 1.37 bits per heavy atom. The minimum absolute atomic E-state index is 0.125. The van der Waals surface area contributed by atoms with Crippen molar-refractivity contribution in [2.75, 3.05) is 11.1 Å². The summed E-state index contributed by atoms with van der Waals surface area (Å²) in [6.45, 7) is 3.25. The first kappa shape index (κ1) is 13.2. The smallest absolute Gasteiger partial charge is 0.257 e.